The molecule has 0 amide bonds. The Hall–Kier alpha value is -2.75. The number of rotatable bonds is 1. The lowest BCUT2D eigenvalue weighted by atomic mass is 10.2. The quantitative estimate of drug-likeness (QED) is 0.518. The van der Waals surface area contributed by atoms with Gasteiger partial charge in [-0.25, -0.2) is 4.98 Å². The van der Waals surface area contributed by atoms with E-state index >= 15 is 0 Å². The van der Waals surface area contributed by atoms with Crippen LogP contribution in [0.3, 0.4) is 0 Å². The zero-order valence-corrected chi connectivity index (χ0v) is 10.1. The molecule has 3 heterocycles. The van der Waals surface area contributed by atoms with Gasteiger partial charge in [-0.05, 0) is 24.3 Å². The molecule has 4 aromatic rings. The van der Waals surface area contributed by atoms with Gasteiger partial charge in [-0.15, -0.1) is 10.2 Å². The minimum atomic E-state index is 0.765. The molecule has 3 aromatic heterocycles. The van der Waals surface area contributed by atoms with Crippen molar-refractivity contribution in [2.45, 2.75) is 0 Å². The molecule has 0 radical (unpaired) electrons. The number of benzene rings is 1. The van der Waals surface area contributed by atoms with Crippen molar-refractivity contribution in [3.8, 4) is 11.5 Å². The second-order valence-corrected chi connectivity index (χ2v) is 4.34. The van der Waals surface area contributed by atoms with Crippen LogP contribution in [0, 0.1) is 0 Å². The molecular weight excluding hydrogens is 236 g/mol. The van der Waals surface area contributed by atoms with Gasteiger partial charge in [0.2, 0.25) is 0 Å². The van der Waals surface area contributed by atoms with Gasteiger partial charge in [0.15, 0.2) is 11.5 Å². The summed E-state index contributed by atoms with van der Waals surface area (Å²) >= 11 is 0. The van der Waals surface area contributed by atoms with Crippen molar-refractivity contribution in [2.24, 2.45) is 0 Å². The highest BCUT2D eigenvalue weighted by molar-refractivity contribution is 5.80. The molecule has 4 heteroatoms. The summed E-state index contributed by atoms with van der Waals surface area (Å²) < 4.78 is 1.94. The Morgan fingerprint density at radius 3 is 2.68 bits per heavy atom. The van der Waals surface area contributed by atoms with Crippen LogP contribution >= 0.6 is 0 Å². The lowest BCUT2D eigenvalue weighted by Crippen LogP contribution is -1.91. The summed E-state index contributed by atoms with van der Waals surface area (Å²) in [7, 11) is 0. The summed E-state index contributed by atoms with van der Waals surface area (Å²) in [5.74, 6) is 0.765. The van der Waals surface area contributed by atoms with E-state index in [4.69, 9.17) is 0 Å². The molecule has 4 rings (SSSR count). The van der Waals surface area contributed by atoms with E-state index in [-0.39, 0.29) is 0 Å². The van der Waals surface area contributed by atoms with Gasteiger partial charge < -0.3 is 0 Å². The van der Waals surface area contributed by atoms with Crippen LogP contribution in [-0.4, -0.2) is 19.6 Å². The smallest absolute Gasteiger partial charge is 0.187 e. The molecule has 0 fully saturated rings. The average Bonchev–Trinajstić information content (AvgIpc) is 2.91. The highest BCUT2D eigenvalue weighted by Crippen LogP contribution is 2.19. The summed E-state index contributed by atoms with van der Waals surface area (Å²) in [4.78, 5) is 4.64. The molecule has 0 saturated carbocycles. The SMILES string of the molecule is c1ccc2nc(-c3nnc4ccccn34)ccc2c1. The summed E-state index contributed by atoms with van der Waals surface area (Å²) in [5, 5.41) is 9.50. The second-order valence-electron chi connectivity index (χ2n) is 4.34. The molecule has 0 unspecified atom stereocenters. The van der Waals surface area contributed by atoms with Crippen LogP contribution < -0.4 is 0 Å². The molecule has 0 atom stereocenters. The van der Waals surface area contributed by atoms with Gasteiger partial charge >= 0.3 is 0 Å². The molecule has 0 spiro atoms. The monoisotopic (exact) mass is 246 g/mol. The molecule has 0 bridgehead atoms. The number of hydrogen-bond acceptors (Lipinski definition) is 3. The molecule has 1 aromatic carbocycles. The fourth-order valence-electron chi connectivity index (χ4n) is 2.21. The molecule has 0 aliphatic rings. The maximum Gasteiger partial charge on any atom is 0.187 e. The minimum Gasteiger partial charge on any atom is -0.281 e. The second kappa shape index (κ2) is 3.88. The van der Waals surface area contributed by atoms with Crippen molar-refractivity contribution in [3.63, 3.8) is 0 Å². The number of hydrogen-bond donors (Lipinski definition) is 0. The number of para-hydroxylation sites is 1. The van der Waals surface area contributed by atoms with Crippen LogP contribution in [0.25, 0.3) is 28.1 Å². The molecule has 4 nitrogen and oxygen atoms in total. The van der Waals surface area contributed by atoms with Gasteiger partial charge in [-0.1, -0.05) is 30.3 Å². The Morgan fingerprint density at radius 2 is 1.68 bits per heavy atom. The standard InChI is InChI=1S/C15H10N4/c1-2-6-12-11(5-1)8-9-13(16-12)15-18-17-14-7-3-4-10-19(14)15/h1-10H. The van der Waals surface area contributed by atoms with E-state index in [2.05, 4.69) is 21.2 Å². The molecule has 0 aliphatic heterocycles. The lowest BCUT2D eigenvalue weighted by molar-refractivity contribution is 1.10. The van der Waals surface area contributed by atoms with Crippen molar-refractivity contribution in [2.75, 3.05) is 0 Å². The Morgan fingerprint density at radius 1 is 0.789 bits per heavy atom. The molecule has 0 aliphatic carbocycles. The summed E-state index contributed by atoms with van der Waals surface area (Å²) in [6, 6.07) is 17.9. The third kappa shape index (κ3) is 1.57. The number of fused-ring (bicyclic) bond motifs is 2. The van der Waals surface area contributed by atoms with Crippen molar-refractivity contribution in [1.82, 2.24) is 19.6 Å². The summed E-state index contributed by atoms with van der Waals surface area (Å²) in [6.45, 7) is 0. The first-order chi connectivity index (χ1) is 9.42. The third-order valence-corrected chi connectivity index (χ3v) is 3.14. The molecule has 19 heavy (non-hydrogen) atoms. The average molecular weight is 246 g/mol. The van der Waals surface area contributed by atoms with Crippen LogP contribution in [0.2, 0.25) is 0 Å². The zero-order valence-electron chi connectivity index (χ0n) is 10.1. The first-order valence-corrected chi connectivity index (χ1v) is 6.08. The Labute approximate surface area is 109 Å². The van der Waals surface area contributed by atoms with Crippen LogP contribution in [0.5, 0.6) is 0 Å². The Balaban J connectivity index is 1.99. The molecule has 90 valence electrons. The fourth-order valence-corrected chi connectivity index (χ4v) is 2.21. The summed E-state index contributed by atoms with van der Waals surface area (Å²) in [6.07, 6.45) is 1.95. The molecular formula is C15H10N4. The predicted octanol–water partition coefficient (Wildman–Crippen LogP) is 2.94. The number of nitrogens with zero attached hydrogens (tertiary/aromatic N) is 4. The van der Waals surface area contributed by atoms with Gasteiger partial charge in [0.25, 0.3) is 0 Å². The van der Waals surface area contributed by atoms with Crippen LogP contribution in [0.15, 0.2) is 60.8 Å². The van der Waals surface area contributed by atoms with Crippen molar-refractivity contribution in [1.29, 1.82) is 0 Å². The van der Waals surface area contributed by atoms with Gasteiger partial charge in [-0.3, -0.25) is 4.40 Å². The van der Waals surface area contributed by atoms with Gasteiger partial charge in [0, 0.05) is 11.6 Å². The molecule has 0 N–H and O–H groups in total. The highest BCUT2D eigenvalue weighted by atomic mass is 15.2. The van der Waals surface area contributed by atoms with Crippen molar-refractivity contribution in [3.05, 3.63) is 60.8 Å². The van der Waals surface area contributed by atoms with E-state index in [1.165, 1.54) is 0 Å². The van der Waals surface area contributed by atoms with E-state index in [1.807, 2.05) is 59.1 Å². The Kier molecular flexibility index (Phi) is 2.08. The first kappa shape index (κ1) is 10.2. The van der Waals surface area contributed by atoms with E-state index in [9.17, 15) is 0 Å². The van der Waals surface area contributed by atoms with Crippen LogP contribution in [-0.2, 0) is 0 Å². The fraction of sp³-hybridized carbons (Fsp3) is 0. The maximum absolute atomic E-state index is 4.64. The zero-order chi connectivity index (χ0) is 12.7. The van der Waals surface area contributed by atoms with E-state index < -0.39 is 0 Å². The third-order valence-electron chi connectivity index (χ3n) is 3.14. The normalized spacial score (nSPS) is 11.2. The van der Waals surface area contributed by atoms with E-state index in [1.54, 1.807) is 0 Å². The van der Waals surface area contributed by atoms with E-state index in [0.717, 1.165) is 28.1 Å². The Bertz CT molecular complexity index is 879. The van der Waals surface area contributed by atoms with Gasteiger partial charge in [0.1, 0.15) is 5.69 Å². The summed E-state index contributed by atoms with van der Waals surface area (Å²) in [5.41, 5.74) is 2.62. The highest BCUT2D eigenvalue weighted by Gasteiger charge is 2.08. The van der Waals surface area contributed by atoms with Crippen LogP contribution in [0.1, 0.15) is 0 Å². The van der Waals surface area contributed by atoms with E-state index in [0.29, 0.717) is 0 Å². The van der Waals surface area contributed by atoms with Crippen molar-refractivity contribution >= 4 is 16.6 Å². The largest absolute Gasteiger partial charge is 0.281 e. The predicted molar refractivity (Wildman–Crippen MR) is 73.7 cm³/mol. The topological polar surface area (TPSA) is 43.1 Å². The molecule has 0 saturated heterocycles. The van der Waals surface area contributed by atoms with Crippen molar-refractivity contribution < 1.29 is 0 Å². The van der Waals surface area contributed by atoms with Gasteiger partial charge in [-0.2, -0.15) is 0 Å². The number of aromatic nitrogens is 4. The van der Waals surface area contributed by atoms with Crippen LogP contribution in [0.4, 0.5) is 0 Å². The van der Waals surface area contributed by atoms with Gasteiger partial charge in [0.05, 0.1) is 5.52 Å². The lowest BCUT2D eigenvalue weighted by Gasteiger charge is -2.01. The number of pyridine rings is 2. The maximum atomic E-state index is 4.64. The minimum absolute atomic E-state index is 0.765. The first-order valence-electron chi connectivity index (χ1n) is 6.08.